The van der Waals surface area contributed by atoms with Crippen LogP contribution in [0.1, 0.15) is 5.82 Å². The summed E-state index contributed by atoms with van der Waals surface area (Å²) in [5.41, 5.74) is 0. The summed E-state index contributed by atoms with van der Waals surface area (Å²) in [7, 11) is 3.83. The minimum absolute atomic E-state index is 0.797. The van der Waals surface area contributed by atoms with Crippen molar-refractivity contribution in [2.24, 2.45) is 7.05 Å². The first-order valence-electron chi connectivity index (χ1n) is 5.49. The average molecular weight is 232 g/mol. The largest absolute Gasteiger partial charge is 0.373 e. The molecule has 0 atom stereocenters. The van der Waals surface area contributed by atoms with Crippen molar-refractivity contribution in [2.45, 2.75) is 6.42 Å². The minimum atomic E-state index is 0.797. The van der Waals surface area contributed by atoms with E-state index in [1.165, 1.54) is 6.33 Å². The average Bonchev–Trinajstić information content (AvgIpc) is 2.76. The standard InChI is InChI=1S/C11H16N6/c1-12-9-7-10(16-8-15-9)13-4-3-11-14-5-6-17(11)2/h5-8H,3-4H2,1-2H3,(H2,12,13,15,16). The van der Waals surface area contributed by atoms with E-state index in [9.17, 15) is 0 Å². The fourth-order valence-corrected chi connectivity index (χ4v) is 1.53. The van der Waals surface area contributed by atoms with E-state index < -0.39 is 0 Å². The van der Waals surface area contributed by atoms with Crippen LogP contribution in [0, 0.1) is 0 Å². The highest BCUT2D eigenvalue weighted by molar-refractivity contribution is 5.45. The van der Waals surface area contributed by atoms with Gasteiger partial charge in [-0.15, -0.1) is 0 Å². The van der Waals surface area contributed by atoms with Crippen molar-refractivity contribution in [3.05, 3.63) is 30.6 Å². The number of aryl methyl sites for hydroxylation is 1. The maximum absolute atomic E-state index is 4.26. The van der Waals surface area contributed by atoms with Gasteiger partial charge in [0.15, 0.2) is 0 Å². The maximum Gasteiger partial charge on any atom is 0.131 e. The lowest BCUT2D eigenvalue weighted by molar-refractivity contribution is 0.788. The second kappa shape index (κ2) is 5.29. The number of imidazole rings is 1. The third-order valence-electron chi connectivity index (χ3n) is 2.50. The topological polar surface area (TPSA) is 67.7 Å². The monoisotopic (exact) mass is 232 g/mol. The van der Waals surface area contributed by atoms with Gasteiger partial charge in [0.05, 0.1) is 0 Å². The predicted molar refractivity (Wildman–Crippen MR) is 67.0 cm³/mol. The zero-order valence-corrected chi connectivity index (χ0v) is 10.0. The molecule has 0 aromatic carbocycles. The Hall–Kier alpha value is -2.11. The number of rotatable bonds is 5. The Morgan fingerprint density at radius 1 is 1.24 bits per heavy atom. The van der Waals surface area contributed by atoms with Crippen molar-refractivity contribution >= 4 is 11.6 Å². The Bertz CT molecular complexity index is 478. The molecule has 0 amide bonds. The molecule has 0 bridgehead atoms. The molecule has 2 rings (SSSR count). The Morgan fingerprint density at radius 3 is 2.76 bits per heavy atom. The van der Waals surface area contributed by atoms with Crippen LogP contribution in [0.15, 0.2) is 24.8 Å². The highest BCUT2D eigenvalue weighted by Gasteiger charge is 2.00. The van der Waals surface area contributed by atoms with E-state index in [0.29, 0.717) is 0 Å². The number of hydrogen-bond donors (Lipinski definition) is 2. The molecule has 0 unspecified atom stereocenters. The lowest BCUT2D eigenvalue weighted by Crippen LogP contribution is -2.10. The van der Waals surface area contributed by atoms with Crippen LogP contribution in [-0.2, 0) is 13.5 Å². The molecule has 0 saturated heterocycles. The first kappa shape index (κ1) is 11.4. The van der Waals surface area contributed by atoms with Gasteiger partial charge in [-0.3, -0.25) is 0 Å². The third-order valence-corrected chi connectivity index (χ3v) is 2.50. The van der Waals surface area contributed by atoms with E-state index in [2.05, 4.69) is 25.6 Å². The van der Waals surface area contributed by atoms with Crippen LogP contribution in [0.5, 0.6) is 0 Å². The summed E-state index contributed by atoms with van der Waals surface area (Å²) in [4.78, 5) is 12.4. The van der Waals surface area contributed by atoms with Crippen LogP contribution in [0.2, 0.25) is 0 Å². The van der Waals surface area contributed by atoms with Crippen LogP contribution in [0.4, 0.5) is 11.6 Å². The van der Waals surface area contributed by atoms with Crippen molar-refractivity contribution in [1.29, 1.82) is 0 Å². The first-order valence-corrected chi connectivity index (χ1v) is 5.49. The zero-order chi connectivity index (χ0) is 12.1. The molecule has 0 saturated carbocycles. The van der Waals surface area contributed by atoms with E-state index in [1.54, 1.807) is 6.20 Å². The summed E-state index contributed by atoms with van der Waals surface area (Å²) < 4.78 is 2.01. The van der Waals surface area contributed by atoms with Gasteiger partial charge in [-0.1, -0.05) is 0 Å². The SMILES string of the molecule is CNc1cc(NCCc2nccn2C)ncn1. The molecule has 2 N–H and O–H groups in total. The highest BCUT2D eigenvalue weighted by atomic mass is 15.1. The Morgan fingerprint density at radius 2 is 2.06 bits per heavy atom. The predicted octanol–water partition coefficient (Wildman–Crippen LogP) is 0.906. The summed E-state index contributed by atoms with van der Waals surface area (Å²) in [6.07, 6.45) is 6.15. The van der Waals surface area contributed by atoms with Crippen LogP contribution in [-0.4, -0.2) is 33.1 Å². The molecule has 90 valence electrons. The summed E-state index contributed by atoms with van der Waals surface area (Å²) in [5.74, 6) is 2.68. The van der Waals surface area contributed by atoms with Crippen molar-refractivity contribution in [1.82, 2.24) is 19.5 Å². The fraction of sp³-hybridized carbons (Fsp3) is 0.364. The number of aromatic nitrogens is 4. The van der Waals surface area contributed by atoms with Crippen LogP contribution in [0.25, 0.3) is 0 Å². The Kier molecular flexibility index (Phi) is 3.54. The number of hydrogen-bond acceptors (Lipinski definition) is 5. The highest BCUT2D eigenvalue weighted by Crippen LogP contribution is 2.07. The molecular formula is C11H16N6. The fourth-order valence-electron chi connectivity index (χ4n) is 1.53. The van der Waals surface area contributed by atoms with Gasteiger partial charge in [0, 0.05) is 45.5 Å². The van der Waals surface area contributed by atoms with E-state index in [4.69, 9.17) is 0 Å². The number of nitrogens with one attached hydrogen (secondary N) is 2. The van der Waals surface area contributed by atoms with Gasteiger partial charge < -0.3 is 15.2 Å². The molecule has 6 heteroatoms. The van der Waals surface area contributed by atoms with Gasteiger partial charge in [0.2, 0.25) is 0 Å². The molecule has 0 fully saturated rings. The molecule has 17 heavy (non-hydrogen) atoms. The van der Waals surface area contributed by atoms with Gasteiger partial charge in [-0.05, 0) is 0 Å². The maximum atomic E-state index is 4.26. The Balaban J connectivity index is 1.87. The quantitative estimate of drug-likeness (QED) is 0.802. The lowest BCUT2D eigenvalue weighted by atomic mass is 10.4. The lowest BCUT2D eigenvalue weighted by Gasteiger charge is -2.06. The molecule has 2 aromatic rings. The normalized spacial score (nSPS) is 10.2. The first-order chi connectivity index (χ1) is 8.29. The third kappa shape index (κ3) is 2.93. The summed E-state index contributed by atoms with van der Waals surface area (Å²) in [6, 6.07) is 1.87. The molecule has 6 nitrogen and oxygen atoms in total. The molecule has 0 aliphatic carbocycles. The Labute approximate surface area is 100 Å². The van der Waals surface area contributed by atoms with Crippen LogP contribution >= 0.6 is 0 Å². The van der Waals surface area contributed by atoms with E-state index in [1.807, 2.05) is 30.9 Å². The number of nitrogens with zero attached hydrogens (tertiary/aromatic N) is 4. The molecule has 2 heterocycles. The van der Waals surface area contributed by atoms with Crippen LogP contribution in [0.3, 0.4) is 0 Å². The summed E-state index contributed by atoms with van der Waals surface area (Å²) >= 11 is 0. The van der Waals surface area contributed by atoms with Gasteiger partial charge in [0.1, 0.15) is 23.8 Å². The van der Waals surface area contributed by atoms with Crippen LogP contribution < -0.4 is 10.6 Å². The van der Waals surface area contributed by atoms with E-state index in [0.717, 1.165) is 30.4 Å². The smallest absolute Gasteiger partial charge is 0.131 e. The molecule has 0 aliphatic rings. The van der Waals surface area contributed by atoms with Crippen molar-refractivity contribution in [2.75, 3.05) is 24.2 Å². The summed E-state index contributed by atoms with van der Waals surface area (Å²) in [6.45, 7) is 0.797. The van der Waals surface area contributed by atoms with Gasteiger partial charge >= 0.3 is 0 Å². The molecular weight excluding hydrogens is 216 g/mol. The summed E-state index contributed by atoms with van der Waals surface area (Å²) in [5, 5.41) is 6.21. The molecule has 0 radical (unpaired) electrons. The van der Waals surface area contributed by atoms with Gasteiger partial charge in [-0.2, -0.15) is 0 Å². The minimum Gasteiger partial charge on any atom is -0.373 e. The van der Waals surface area contributed by atoms with Gasteiger partial charge in [-0.25, -0.2) is 15.0 Å². The molecule has 2 aromatic heterocycles. The van der Waals surface area contributed by atoms with Crippen molar-refractivity contribution < 1.29 is 0 Å². The van der Waals surface area contributed by atoms with E-state index >= 15 is 0 Å². The van der Waals surface area contributed by atoms with E-state index in [-0.39, 0.29) is 0 Å². The van der Waals surface area contributed by atoms with Crippen molar-refractivity contribution in [3.8, 4) is 0 Å². The second-order valence-corrected chi connectivity index (χ2v) is 3.67. The number of anilines is 2. The van der Waals surface area contributed by atoms with Gasteiger partial charge in [0.25, 0.3) is 0 Å². The van der Waals surface area contributed by atoms with Crippen molar-refractivity contribution in [3.63, 3.8) is 0 Å². The molecule has 0 aliphatic heterocycles. The molecule has 0 spiro atoms. The zero-order valence-electron chi connectivity index (χ0n) is 10.0. The second-order valence-electron chi connectivity index (χ2n) is 3.67.